The van der Waals surface area contributed by atoms with Crippen molar-refractivity contribution in [2.45, 2.75) is 38.8 Å². The van der Waals surface area contributed by atoms with E-state index < -0.39 is 0 Å². The summed E-state index contributed by atoms with van der Waals surface area (Å²) < 4.78 is 2.75. The quantitative estimate of drug-likeness (QED) is 0.834. The van der Waals surface area contributed by atoms with Crippen LogP contribution in [0, 0.1) is 0 Å². The Labute approximate surface area is 120 Å². The summed E-state index contributed by atoms with van der Waals surface area (Å²) in [5, 5.41) is 5.66. The van der Waals surface area contributed by atoms with E-state index in [4.69, 9.17) is 0 Å². The lowest BCUT2D eigenvalue weighted by Crippen LogP contribution is -2.32. The van der Waals surface area contributed by atoms with Crippen LogP contribution in [0.5, 0.6) is 0 Å². The number of aromatic nitrogens is 1. The number of nitrogens with zero attached hydrogens (tertiary/aromatic N) is 1. The summed E-state index contributed by atoms with van der Waals surface area (Å²) in [4.78, 5) is 23.4. The summed E-state index contributed by atoms with van der Waals surface area (Å²) in [6, 6.07) is 2.15. The number of hydrogen-bond donors (Lipinski definition) is 2. The monoisotopic (exact) mass is 327 g/mol. The molecule has 0 atom stereocenters. The highest BCUT2D eigenvalue weighted by molar-refractivity contribution is 9.10. The molecule has 2 amide bonds. The zero-order valence-electron chi connectivity index (χ0n) is 10.9. The second kappa shape index (κ2) is 6.23. The molecule has 0 saturated heterocycles. The molecule has 1 aromatic heterocycles. The van der Waals surface area contributed by atoms with Gasteiger partial charge in [-0.05, 0) is 41.8 Å². The summed E-state index contributed by atoms with van der Waals surface area (Å²) in [6.45, 7) is 3.08. The predicted octanol–water partition coefficient (Wildman–Crippen LogP) is 1.67. The van der Waals surface area contributed by atoms with Crippen molar-refractivity contribution in [3.05, 3.63) is 22.4 Å². The summed E-state index contributed by atoms with van der Waals surface area (Å²) in [6.07, 6.45) is 4.36. The molecule has 0 aliphatic heterocycles. The fourth-order valence-electron chi connectivity index (χ4n) is 1.83. The van der Waals surface area contributed by atoms with E-state index in [1.54, 1.807) is 6.07 Å². The van der Waals surface area contributed by atoms with Crippen molar-refractivity contribution in [1.82, 2.24) is 15.2 Å². The van der Waals surface area contributed by atoms with Crippen LogP contribution in [-0.2, 0) is 11.3 Å². The molecule has 0 spiro atoms. The van der Waals surface area contributed by atoms with Gasteiger partial charge >= 0.3 is 0 Å². The maximum absolute atomic E-state index is 12.0. The van der Waals surface area contributed by atoms with Crippen LogP contribution in [0.3, 0.4) is 0 Å². The molecule has 2 N–H and O–H groups in total. The number of aryl methyl sites for hydroxylation is 1. The zero-order valence-corrected chi connectivity index (χ0v) is 12.5. The van der Waals surface area contributed by atoms with Crippen LogP contribution >= 0.6 is 15.9 Å². The van der Waals surface area contributed by atoms with Gasteiger partial charge in [-0.1, -0.05) is 0 Å². The lowest BCUT2D eigenvalue weighted by atomic mass is 10.3. The van der Waals surface area contributed by atoms with Crippen LogP contribution in [0.4, 0.5) is 0 Å². The molecule has 1 aliphatic carbocycles. The fraction of sp³-hybridized carbons (Fsp3) is 0.538. The van der Waals surface area contributed by atoms with Gasteiger partial charge in [0.15, 0.2) is 0 Å². The second-order valence-electron chi connectivity index (χ2n) is 4.68. The van der Waals surface area contributed by atoms with Crippen molar-refractivity contribution in [2.24, 2.45) is 0 Å². The Morgan fingerprint density at radius 2 is 2.21 bits per heavy atom. The van der Waals surface area contributed by atoms with Crippen LogP contribution < -0.4 is 10.6 Å². The van der Waals surface area contributed by atoms with E-state index in [0.29, 0.717) is 24.7 Å². The minimum atomic E-state index is -0.147. The third kappa shape index (κ3) is 4.09. The maximum atomic E-state index is 12.0. The highest BCUT2D eigenvalue weighted by atomic mass is 79.9. The summed E-state index contributed by atoms with van der Waals surface area (Å²) in [5.41, 5.74) is 0.608. The molecule has 5 nitrogen and oxygen atoms in total. The van der Waals surface area contributed by atoms with Gasteiger partial charge in [0.25, 0.3) is 5.91 Å². The van der Waals surface area contributed by atoms with Crippen LogP contribution in [0.2, 0.25) is 0 Å². The molecule has 0 bridgehead atoms. The Hall–Kier alpha value is -1.30. The van der Waals surface area contributed by atoms with Gasteiger partial charge in [0.05, 0.1) is 0 Å². The molecular weight excluding hydrogens is 310 g/mol. The highest BCUT2D eigenvalue weighted by Crippen LogP contribution is 2.18. The zero-order chi connectivity index (χ0) is 13.8. The number of hydrogen-bond acceptors (Lipinski definition) is 2. The second-order valence-corrected chi connectivity index (χ2v) is 5.59. The maximum Gasteiger partial charge on any atom is 0.267 e. The van der Waals surface area contributed by atoms with E-state index in [1.807, 2.05) is 17.7 Å². The lowest BCUT2D eigenvalue weighted by molar-refractivity contribution is -0.121. The van der Waals surface area contributed by atoms with E-state index in [0.717, 1.165) is 23.9 Å². The Morgan fingerprint density at radius 3 is 2.84 bits per heavy atom. The number of nitrogens with one attached hydrogen (secondary N) is 2. The molecule has 0 unspecified atom stereocenters. The van der Waals surface area contributed by atoms with Gasteiger partial charge in [0.2, 0.25) is 5.91 Å². The van der Waals surface area contributed by atoms with E-state index in [-0.39, 0.29) is 11.8 Å². The van der Waals surface area contributed by atoms with Crippen molar-refractivity contribution >= 4 is 27.7 Å². The van der Waals surface area contributed by atoms with Crippen molar-refractivity contribution in [3.63, 3.8) is 0 Å². The molecule has 1 heterocycles. The van der Waals surface area contributed by atoms with E-state index >= 15 is 0 Å². The van der Waals surface area contributed by atoms with E-state index in [2.05, 4.69) is 26.6 Å². The normalized spacial score (nSPS) is 14.2. The number of halogens is 1. The Bertz CT molecular complexity index is 480. The van der Waals surface area contributed by atoms with Crippen LogP contribution in [0.25, 0.3) is 0 Å². The fourth-order valence-corrected chi connectivity index (χ4v) is 2.30. The van der Waals surface area contributed by atoms with Crippen LogP contribution in [0.15, 0.2) is 16.7 Å². The molecular formula is C13H18BrN3O2. The lowest BCUT2D eigenvalue weighted by Gasteiger charge is -2.07. The van der Waals surface area contributed by atoms with Gasteiger partial charge in [-0.3, -0.25) is 9.59 Å². The third-order valence-corrected chi connectivity index (χ3v) is 3.45. The number of carbonyl (C=O) groups excluding carboxylic acids is 2. The van der Waals surface area contributed by atoms with Gasteiger partial charge in [0, 0.05) is 36.2 Å². The average Bonchev–Trinajstić information content (AvgIpc) is 3.09. The average molecular weight is 328 g/mol. The topological polar surface area (TPSA) is 63.1 Å². The summed E-state index contributed by atoms with van der Waals surface area (Å²) in [7, 11) is 0. The largest absolute Gasteiger partial charge is 0.353 e. The van der Waals surface area contributed by atoms with Crippen molar-refractivity contribution < 1.29 is 9.59 Å². The number of amides is 2. The minimum Gasteiger partial charge on any atom is -0.353 e. The smallest absolute Gasteiger partial charge is 0.267 e. The molecule has 19 heavy (non-hydrogen) atoms. The summed E-state index contributed by atoms with van der Waals surface area (Å²) in [5.74, 6) is -0.137. The third-order valence-electron chi connectivity index (χ3n) is 3.02. The predicted molar refractivity (Wildman–Crippen MR) is 75.9 cm³/mol. The SMILES string of the molecule is CCn1cc(Br)cc1C(=O)NCCC(=O)NC1CC1. The number of carbonyl (C=O) groups is 2. The first-order valence-electron chi connectivity index (χ1n) is 6.53. The Morgan fingerprint density at radius 1 is 1.47 bits per heavy atom. The van der Waals surface area contributed by atoms with Crippen molar-refractivity contribution in [3.8, 4) is 0 Å². The molecule has 2 rings (SSSR count). The summed E-state index contributed by atoms with van der Waals surface area (Å²) >= 11 is 3.35. The molecule has 1 aliphatic rings. The van der Waals surface area contributed by atoms with E-state index in [9.17, 15) is 9.59 Å². The first-order chi connectivity index (χ1) is 9.10. The van der Waals surface area contributed by atoms with Crippen molar-refractivity contribution in [2.75, 3.05) is 6.54 Å². The van der Waals surface area contributed by atoms with Crippen LogP contribution in [0.1, 0.15) is 36.7 Å². The minimum absolute atomic E-state index is 0.00912. The first-order valence-corrected chi connectivity index (χ1v) is 7.32. The standard InChI is InChI=1S/C13H18BrN3O2/c1-2-17-8-9(14)7-11(17)13(19)15-6-5-12(18)16-10-3-4-10/h7-8,10H,2-6H2,1H3,(H,15,19)(H,16,18). The van der Waals surface area contributed by atoms with Gasteiger partial charge in [0.1, 0.15) is 5.69 Å². The van der Waals surface area contributed by atoms with Crippen LogP contribution in [-0.4, -0.2) is 29.0 Å². The van der Waals surface area contributed by atoms with E-state index in [1.165, 1.54) is 0 Å². The van der Waals surface area contributed by atoms with Gasteiger partial charge in [-0.2, -0.15) is 0 Å². The Balaban J connectivity index is 1.78. The molecule has 104 valence electrons. The molecule has 1 fully saturated rings. The Kier molecular flexibility index (Phi) is 4.63. The molecule has 1 saturated carbocycles. The molecule has 0 radical (unpaired) electrons. The van der Waals surface area contributed by atoms with Gasteiger partial charge in [-0.15, -0.1) is 0 Å². The highest BCUT2D eigenvalue weighted by Gasteiger charge is 2.22. The molecule has 0 aromatic carbocycles. The molecule has 6 heteroatoms. The van der Waals surface area contributed by atoms with Gasteiger partial charge in [-0.25, -0.2) is 0 Å². The number of rotatable bonds is 6. The van der Waals surface area contributed by atoms with Gasteiger partial charge < -0.3 is 15.2 Å². The molecule has 1 aromatic rings. The van der Waals surface area contributed by atoms with Crippen molar-refractivity contribution in [1.29, 1.82) is 0 Å². The first kappa shape index (κ1) is 14.1.